The Labute approximate surface area is 272 Å². The molecule has 10 heteroatoms. The minimum atomic E-state index is -4.43. The van der Waals surface area contributed by atoms with Gasteiger partial charge in [0.15, 0.2) is 0 Å². The van der Waals surface area contributed by atoms with Crippen molar-refractivity contribution in [2.75, 3.05) is 0 Å². The van der Waals surface area contributed by atoms with Crippen molar-refractivity contribution in [2.24, 2.45) is 0 Å². The average molecular weight is 675 g/mol. The number of rotatable bonds is 7. The summed E-state index contributed by atoms with van der Waals surface area (Å²) in [4.78, 5) is -0.204. The first-order valence-electron chi connectivity index (χ1n) is 14.8. The zero-order valence-electron chi connectivity index (χ0n) is 24.6. The van der Waals surface area contributed by atoms with Crippen LogP contribution >= 0.6 is 0 Å². The minimum Gasteiger partial charge on any atom is -0.402 e. The highest BCUT2D eigenvalue weighted by Crippen LogP contribution is 2.32. The van der Waals surface area contributed by atoms with Gasteiger partial charge in [0.25, 0.3) is 10.1 Å². The van der Waals surface area contributed by atoms with E-state index in [-0.39, 0.29) is 4.90 Å². The fourth-order valence-corrected chi connectivity index (χ4v) is 23.4. The van der Waals surface area contributed by atoms with Crippen LogP contribution in [0.4, 0.5) is 0 Å². The van der Waals surface area contributed by atoms with Gasteiger partial charge in [0.1, 0.15) is 0 Å². The molecule has 1 aliphatic rings. The van der Waals surface area contributed by atoms with Gasteiger partial charge in [0, 0.05) is 0 Å². The molecule has 0 unspecified atom stereocenters. The molecule has 1 aliphatic heterocycles. The van der Waals surface area contributed by atoms with E-state index in [1.807, 2.05) is 103 Å². The molecule has 6 aromatic carbocycles. The van der Waals surface area contributed by atoms with Gasteiger partial charge in [-0.2, -0.15) is 8.42 Å². The van der Waals surface area contributed by atoms with Crippen molar-refractivity contribution in [2.45, 2.75) is 4.90 Å². The standard InChI is InChI=1S/C36H30O6SSi3/c37-43(38,39)30-26-28-36(29-27-30)46(35-24-14-5-15-25-35)41-44(31-16-6-1-7-17-31,32-18-8-2-9-19-32)40-45(42-46,33-20-10-3-11-21-33)34-22-12-4-13-23-34/h1-29H,(H,37,38,39). The lowest BCUT2D eigenvalue weighted by atomic mass is 10.4. The average Bonchev–Trinajstić information content (AvgIpc) is 3.13. The van der Waals surface area contributed by atoms with Crippen molar-refractivity contribution >= 4 is 66.9 Å². The van der Waals surface area contributed by atoms with E-state index in [0.29, 0.717) is 5.19 Å². The second-order valence-corrected chi connectivity index (χ2v) is 22.0. The first-order valence-corrected chi connectivity index (χ1v) is 21.7. The third-order valence-electron chi connectivity index (χ3n) is 8.16. The van der Waals surface area contributed by atoms with Gasteiger partial charge in [-0.1, -0.05) is 164 Å². The molecule has 7 rings (SSSR count). The maximum absolute atomic E-state index is 12.1. The normalized spacial score (nSPS) is 16.8. The number of benzene rings is 6. The van der Waals surface area contributed by atoms with Gasteiger partial charge < -0.3 is 12.3 Å². The summed E-state index contributed by atoms with van der Waals surface area (Å²) in [5.74, 6) is 0. The first-order chi connectivity index (χ1) is 22.4. The zero-order chi connectivity index (χ0) is 31.7. The molecule has 0 atom stereocenters. The second-order valence-electron chi connectivity index (χ2n) is 11.0. The third kappa shape index (κ3) is 5.34. The Hall–Kier alpha value is -4.24. The molecule has 1 N–H and O–H groups in total. The minimum absolute atomic E-state index is 0.204. The lowest BCUT2D eigenvalue weighted by molar-refractivity contribution is 0.268. The van der Waals surface area contributed by atoms with Gasteiger partial charge in [-0.15, -0.1) is 0 Å². The third-order valence-corrected chi connectivity index (χ3v) is 22.5. The molecule has 0 bridgehead atoms. The van der Waals surface area contributed by atoms with Crippen LogP contribution in [-0.2, 0) is 22.5 Å². The molecular weight excluding hydrogens is 645 g/mol. The smallest absolute Gasteiger partial charge is 0.390 e. The molecule has 6 nitrogen and oxygen atoms in total. The van der Waals surface area contributed by atoms with E-state index in [1.165, 1.54) is 12.1 Å². The quantitative estimate of drug-likeness (QED) is 0.207. The van der Waals surface area contributed by atoms with E-state index in [9.17, 15) is 13.0 Å². The summed E-state index contributed by atoms with van der Waals surface area (Å²) in [5, 5.41) is 5.25. The van der Waals surface area contributed by atoms with Crippen molar-refractivity contribution < 1.29 is 25.3 Å². The topological polar surface area (TPSA) is 82.1 Å². The van der Waals surface area contributed by atoms with Crippen molar-refractivity contribution in [3.8, 4) is 0 Å². The molecule has 0 radical (unpaired) electrons. The molecule has 1 heterocycles. The summed E-state index contributed by atoms with van der Waals surface area (Å²) in [7, 11) is -15.5. The van der Waals surface area contributed by atoms with Crippen molar-refractivity contribution in [3.05, 3.63) is 176 Å². The highest BCUT2D eigenvalue weighted by atomic mass is 32.2. The summed E-state index contributed by atoms with van der Waals surface area (Å²) in [5.41, 5.74) is 0. The molecule has 1 saturated heterocycles. The Bertz CT molecular complexity index is 1860. The van der Waals surface area contributed by atoms with Crippen LogP contribution in [0.3, 0.4) is 0 Å². The maximum Gasteiger partial charge on any atom is 0.390 e. The van der Waals surface area contributed by atoms with E-state index < -0.39 is 35.8 Å². The van der Waals surface area contributed by atoms with E-state index in [1.54, 1.807) is 12.1 Å². The van der Waals surface area contributed by atoms with Crippen LogP contribution in [0.15, 0.2) is 181 Å². The van der Waals surface area contributed by atoms with E-state index in [0.717, 1.165) is 25.9 Å². The van der Waals surface area contributed by atoms with Gasteiger partial charge in [-0.25, -0.2) is 0 Å². The lowest BCUT2D eigenvalue weighted by Gasteiger charge is -2.53. The van der Waals surface area contributed by atoms with Crippen molar-refractivity contribution in [3.63, 3.8) is 0 Å². The predicted octanol–water partition coefficient (Wildman–Crippen LogP) is 3.07. The van der Waals surface area contributed by atoms with E-state index in [4.69, 9.17) is 12.3 Å². The Balaban J connectivity index is 1.63. The van der Waals surface area contributed by atoms with Gasteiger partial charge >= 0.3 is 25.7 Å². The van der Waals surface area contributed by atoms with E-state index >= 15 is 0 Å². The molecule has 1 fully saturated rings. The summed E-state index contributed by atoms with van der Waals surface area (Å²) in [6.07, 6.45) is 0. The lowest BCUT2D eigenvalue weighted by Crippen LogP contribution is -2.88. The van der Waals surface area contributed by atoms with Crippen LogP contribution in [0, 0.1) is 0 Å². The van der Waals surface area contributed by atoms with Crippen molar-refractivity contribution in [1.29, 1.82) is 0 Å². The SMILES string of the molecule is O=S(=O)(O)c1ccc([Si]2(c3ccccc3)O[Si](c3ccccc3)(c3ccccc3)O[Si](c3ccccc3)(c3ccccc3)O2)cc1. The molecule has 0 saturated carbocycles. The largest absolute Gasteiger partial charge is 0.402 e. The van der Waals surface area contributed by atoms with Gasteiger partial charge in [0.05, 0.1) is 4.90 Å². The molecular formula is C36H30O6SSi3. The van der Waals surface area contributed by atoms with Gasteiger partial charge in [-0.3, -0.25) is 4.55 Å². The number of hydrogen-bond acceptors (Lipinski definition) is 5. The Morgan fingerprint density at radius 1 is 0.348 bits per heavy atom. The van der Waals surface area contributed by atoms with Crippen LogP contribution in [0.25, 0.3) is 0 Å². The molecule has 228 valence electrons. The molecule has 0 spiro atoms. The summed E-state index contributed by atoms with van der Waals surface area (Å²) in [6.45, 7) is 0. The highest BCUT2D eigenvalue weighted by molar-refractivity contribution is 7.85. The first kappa shape index (κ1) is 30.4. The fraction of sp³-hybridized carbons (Fsp3) is 0. The summed E-state index contributed by atoms with van der Waals surface area (Å²) >= 11 is 0. The Morgan fingerprint density at radius 2 is 0.565 bits per heavy atom. The summed E-state index contributed by atoms with van der Waals surface area (Å²) < 4.78 is 57.2. The van der Waals surface area contributed by atoms with Gasteiger partial charge in [-0.05, 0) is 43.3 Å². The van der Waals surface area contributed by atoms with Gasteiger partial charge in [0.2, 0.25) is 0 Å². The molecule has 0 aromatic heterocycles. The molecule has 6 aromatic rings. The van der Waals surface area contributed by atoms with E-state index in [2.05, 4.69) is 48.5 Å². The van der Waals surface area contributed by atoms with Crippen LogP contribution in [0.5, 0.6) is 0 Å². The zero-order valence-corrected chi connectivity index (χ0v) is 28.5. The molecule has 46 heavy (non-hydrogen) atoms. The summed E-state index contributed by atoms with van der Waals surface area (Å²) in [6, 6.07) is 56.5. The highest BCUT2D eigenvalue weighted by Gasteiger charge is 2.67. The predicted molar refractivity (Wildman–Crippen MR) is 187 cm³/mol. The maximum atomic E-state index is 12.1. The van der Waals surface area contributed by atoms with Crippen LogP contribution in [0.2, 0.25) is 0 Å². The fourth-order valence-electron chi connectivity index (χ4n) is 6.01. The monoisotopic (exact) mass is 674 g/mol. The van der Waals surface area contributed by atoms with Crippen LogP contribution < -0.4 is 31.1 Å². The van der Waals surface area contributed by atoms with Crippen LogP contribution in [-0.4, -0.2) is 38.7 Å². The Morgan fingerprint density at radius 3 is 0.783 bits per heavy atom. The van der Waals surface area contributed by atoms with Crippen LogP contribution in [0.1, 0.15) is 0 Å². The second kappa shape index (κ2) is 12.2. The Kier molecular flexibility index (Phi) is 8.05. The molecule has 0 aliphatic carbocycles. The molecule has 0 amide bonds. The number of hydrogen-bond donors (Lipinski definition) is 1. The van der Waals surface area contributed by atoms with Crippen molar-refractivity contribution in [1.82, 2.24) is 0 Å².